The highest BCUT2D eigenvalue weighted by Gasteiger charge is 2.38. The summed E-state index contributed by atoms with van der Waals surface area (Å²) in [6.45, 7) is 6.65. The Bertz CT molecular complexity index is 482. The van der Waals surface area contributed by atoms with Gasteiger partial charge >= 0.3 is 5.97 Å². The van der Waals surface area contributed by atoms with E-state index in [1.165, 1.54) is 37.7 Å². The lowest BCUT2D eigenvalue weighted by Crippen LogP contribution is -2.33. The summed E-state index contributed by atoms with van der Waals surface area (Å²) in [7, 11) is 0. The summed E-state index contributed by atoms with van der Waals surface area (Å²) in [5, 5.41) is 10.1. The fourth-order valence-electron chi connectivity index (χ4n) is 4.11. The van der Waals surface area contributed by atoms with Gasteiger partial charge in [0.25, 0.3) is 0 Å². The number of carboxylic acids is 1. The standard InChI is InChI=1S/C24H40O2/c1-4-6-8-10-14-21(3)20-24(23(25)26,18-7-5-2)19-13-17-22-15-11-9-12-16-22/h9,11-12,15-16,21H,4-8,10,13-14,17-20H2,1-3H3,(H,25,26). The fourth-order valence-corrected chi connectivity index (χ4v) is 4.11. The predicted octanol–water partition coefficient (Wildman–Crippen LogP) is 7.27. The molecule has 1 aromatic rings. The van der Waals surface area contributed by atoms with Crippen molar-refractivity contribution in [3.63, 3.8) is 0 Å². The SMILES string of the molecule is CCCCCCC(C)CC(CCCC)(CCCc1ccccc1)C(=O)O. The Morgan fingerprint density at radius 1 is 0.962 bits per heavy atom. The first-order valence-corrected chi connectivity index (χ1v) is 10.8. The van der Waals surface area contributed by atoms with Crippen molar-refractivity contribution in [1.82, 2.24) is 0 Å². The van der Waals surface area contributed by atoms with Crippen molar-refractivity contribution < 1.29 is 9.90 Å². The molecule has 0 amide bonds. The summed E-state index contributed by atoms with van der Waals surface area (Å²) in [5.74, 6) is -0.0732. The zero-order chi connectivity index (χ0) is 19.3. The monoisotopic (exact) mass is 360 g/mol. The van der Waals surface area contributed by atoms with Crippen molar-refractivity contribution in [2.24, 2.45) is 11.3 Å². The number of hydrogen-bond donors (Lipinski definition) is 1. The fraction of sp³-hybridized carbons (Fsp3) is 0.708. The van der Waals surface area contributed by atoms with Crippen molar-refractivity contribution in [3.05, 3.63) is 35.9 Å². The van der Waals surface area contributed by atoms with Gasteiger partial charge in [-0.1, -0.05) is 96.0 Å². The molecule has 0 aliphatic carbocycles. The minimum absolute atomic E-state index is 0.497. The molecule has 2 unspecified atom stereocenters. The second kappa shape index (κ2) is 12.9. The first kappa shape index (κ1) is 22.7. The predicted molar refractivity (Wildman–Crippen MR) is 112 cm³/mol. The van der Waals surface area contributed by atoms with Crippen LogP contribution in [0.15, 0.2) is 30.3 Å². The number of carbonyl (C=O) groups is 1. The lowest BCUT2D eigenvalue weighted by Gasteiger charge is -2.32. The van der Waals surface area contributed by atoms with Gasteiger partial charge < -0.3 is 5.11 Å². The van der Waals surface area contributed by atoms with E-state index in [1.54, 1.807) is 0 Å². The van der Waals surface area contributed by atoms with E-state index < -0.39 is 11.4 Å². The lowest BCUT2D eigenvalue weighted by atomic mass is 9.71. The van der Waals surface area contributed by atoms with Crippen molar-refractivity contribution in [2.75, 3.05) is 0 Å². The number of aliphatic carboxylic acids is 1. The number of hydrogen-bond acceptors (Lipinski definition) is 1. The Labute approximate surface area is 161 Å². The number of aryl methyl sites for hydroxylation is 1. The van der Waals surface area contributed by atoms with Crippen LogP contribution in [0.1, 0.15) is 97.0 Å². The van der Waals surface area contributed by atoms with Gasteiger partial charge in [-0.15, -0.1) is 0 Å². The normalized spacial score (nSPS) is 14.7. The van der Waals surface area contributed by atoms with Crippen LogP contribution in [0, 0.1) is 11.3 Å². The largest absolute Gasteiger partial charge is 0.481 e. The van der Waals surface area contributed by atoms with Gasteiger partial charge in [0.05, 0.1) is 5.41 Å². The summed E-state index contributed by atoms with van der Waals surface area (Å²) in [6.07, 6.45) is 12.7. The molecule has 0 aromatic heterocycles. The molecule has 0 heterocycles. The summed E-state index contributed by atoms with van der Waals surface area (Å²) in [4.78, 5) is 12.3. The first-order valence-electron chi connectivity index (χ1n) is 10.8. The highest BCUT2D eigenvalue weighted by molar-refractivity contribution is 5.74. The summed E-state index contributed by atoms with van der Waals surface area (Å²) >= 11 is 0. The summed E-state index contributed by atoms with van der Waals surface area (Å²) < 4.78 is 0. The molecule has 2 nitrogen and oxygen atoms in total. The smallest absolute Gasteiger partial charge is 0.309 e. The molecule has 0 fully saturated rings. The third kappa shape index (κ3) is 8.38. The molecule has 148 valence electrons. The molecule has 0 spiro atoms. The highest BCUT2D eigenvalue weighted by atomic mass is 16.4. The maximum atomic E-state index is 12.3. The van der Waals surface area contributed by atoms with Crippen molar-refractivity contribution in [1.29, 1.82) is 0 Å². The average molecular weight is 361 g/mol. The lowest BCUT2D eigenvalue weighted by molar-refractivity contribution is -0.151. The molecule has 0 radical (unpaired) electrons. The molecule has 0 saturated carbocycles. The molecule has 0 aliphatic rings. The van der Waals surface area contributed by atoms with Crippen LogP contribution in [-0.2, 0) is 11.2 Å². The van der Waals surface area contributed by atoms with Crippen LogP contribution in [0.25, 0.3) is 0 Å². The zero-order valence-electron chi connectivity index (χ0n) is 17.3. The van der Waals surface area contributed by atoms with Crippen molar-refractivity contribution in [2.45, 2.75) is 97.8 Å². The Kier molecular flexibility index (Phi) is 11.3. The van der Waals surface area contributed by atoms with Gasteiger partial charge in [-0.2, -0.15) is 0 Å². The van der Waals surface area contributed by atoms with Gasteiger partial charge in [0.1, 0.15) is 0 Å². The third-order valence-electron chi connectivity index (χ3n) is 5.72. The molecule has 1 rings (SSSR count). The van der Waals surface area contributed by atoms with Gasteiger partial charge in [0, 0.05) is 0 Å². The molecule has 2 heteroatoms. The Hall–Kier alpha value is -1.31. The van der Waals surface area contributed by atoms with Crippen LogP contribution < -0.4 is 0 Å². The number of rotatable bonds is 15. The molecule has 1 aromatic carbocycles. The van der Waals surface area contributed by atoms with Crippen LogP contribution in [0.5, 0.6) is 0 Å². The van der Waals surface area contributed by atoms with E-state index in [0.29, 0.717) is 5.92 Å². The summed E-state index contributed by atoms with van der Waals surface area (Å²) in [6, 6.07) is 10.5. The van der Waals surface area contributed by atoms with E-state index in [2.05, 4.69) is 45.0 Å². The van der Waals surface area contributed by atoms with Crippen LogP contribution in [0.3, 0.4) is 0 Å². The molecule has 1 N–H and O–H groups in total. The Morgan fingerprint density at radius 3 is 2.23 bits per heavy atom. The van der Waals surface area contributed by atoms with Gasteiger partial charge in [-0.05, 0) is 43.6 Å². The summed E-state index contributed by atoms with van der Waals surface area (Å²) in [5.41, 5.74) is 0.782. The average Bonchev–Trinajstić information content (AvgIpc) is 2.64. The van der Waals surface area contributed by atoms with E-state index in [1.807, 2.05) is 6.07 Å². The molecule has 0 aliphatic heterocycles. The van der Waals surface area contributed by atoms with Crippen LogP contribution in [0.2, 0.25) is 0 Å². The molecular weight excluding hydrogens is 320 g/mol. The first-order chi connectivity index (χ1) is 12.5. The minimum Gasteiger partial charge on any atom is -0.481 e. The van der Waals surface area contributed by atoms with Gasteiger partial charge in [-0.25, -0.2) is 0 Å². The Balaban J connectivity index is 2.65. The number of benzene rings is 1. The molecule has 0 bridgehead atoms. The second-order valence-corrected chi connectivity index (χ2v) is 8.19. The van der Waals surface area contributed by atoms with E-state index in [-0.39, 0.29) is 0 Å². The molecule has 26 heavy (non-hydrogen) atoms. The maximum Gasteiger partial charge on any atom is 0.309 e. The maximum absolute atomic E-state index is 12.3. The van der Waals surface area contributed by atoms with E-state index in [4.69, 9.17) is 0 Å². The Morgan fingerprint density at radius 2 is 1.62 bits per heavy atom. The minimum atomic E-state index is -0.570. The van der Waals surface area contributed by atoms with Crippen LogP contribution >= 0.6 is 0 Å². The highest BCUT2D eigenvalue weighted by Crippen LogP contribution is 2.39. The third-order valence-corrected chi connectivity index (χ3v) is 5.72. The van der Waals surface area contributed by atoms with Gasteiger partial charge in [-0.3, -0.25) is 4.79 Å². The van der Waals surface area contributed by atoms with E-state index in [0.717, 1.165) is 44.9 Å². The molecule has 2 atom stereocenters. The second-order valence-electron chi connectivity index (χ2n) is 8.19. The van der Waals surface area contributed by atoms with E-state index >= 15 is 0 Å². The van der Waals surface area contributed by atoms with Gasteiger partial charge in [0.2, 0.25) is 0 Å². The van der Waals surface area contributed by atoms with Crippen molar-refractivity contribution in [3.8, 4) is 0 Å². The zero-order valence-corrected chi connectivity index (χ0v) is 17.3. The molecule has 0 saturated heterocycles. The van der Waals surface area contributed by atoms with E-state index in [9.17, 15) is 9.90 Å². The molecular formula is C24H40O2. The van der Waals surface area contributed by atoms with Gasteiger partial charge in [0.15, 0.2) is 0 Å². The van der Waals surface area contributed by atoms with Crippen LogP contribution in [0.4, 0.5) is 0 Å². The quantitative estimate of drug-likeness (QED) is 0.334. The van der Waals surface area contributed by atoms with Crippen LogP contribution in [-0.4, -0.2) is 11.1 Å². The topological polar surface area (TPSA) is 37.3 Å². The van der Waals surface area contributed by atoms with Crippen molar-refractivity contribution >= 4 is 5.97 Å². The number of unbranched alkanes of at least 4 members (excludes halogenated alkanes) is 4. The number of carboxylic acid groups (broad SMARTS) is 1.